The summed E-state index contributed by atoms with van der Waals surface area (Å²) in [7, 11) is 3.90. The molecule has 1 N–H and O–H groups in total. The highest BCUT2D eigenvalue weighted by Gasteiger charge is 2.09. The summed E-state index contributed by atoms with van der Waals surface area (Å²) in [5, 5.41) is 8.87. The van der Waals surface area contributed by atoms with Crippen LogP contribution in [-0.2, 0) is 0 Å². The molecule has 0 aromatic carbocycles. The molecule has 0 saturated heterocycles. The third-order valence-corrected chi connectivity index (χ3v) is 2.60. The average Bonchev–Trinajstić information content (AvgIpc) is 2.28. The Labute approximate surface area is 96.7 Å². The van der Waals surface area contributed by atoms with Gasteiger partial charge in [0.25, 0.3) is 0 Å². The Bertz CT molecular complexity index is 330. The molecule has 0 spiro atoms. The Morgan fingerprint density at radius 2 is 1.88 bits per heavy atom. The van der Waals surface area contributed by atoms with Crippen LogP contribution < -0.4 is 9.80 Å². The number of anilines is 2. The summed E-state index contributed by atoms with van der Waals surface area (Å²) in [5.41, 5.74) is 0. The van der Waals surface area contributed by atoms with Gasteiger partial charge in [-0.2, -0.15) is 0 Å². The number of aromatic nitrogens is 2. The molecule has 0 aliphatic heterocycles. The van der Waals surface area contributed by atoms with Crippen LogP contribution in [0.5, 0.6) is 0 Å². The normalized spacial score (nSPS) is 10.6. The van der Waals surface area contributed by atoms with E-state index in [-0.39, 0.29) is 6.61 Å². The van der Waals surface area contributed by atoms with Crippen LogP contribution >= 0.6 is 0 Å². The van der Waals surface area contributed by atoms with Crippen molar-refractivity contribution in [3.8, 4) is 0 Å². The van der Waals surface area contributed by atoms with Gasteiger partial charge in [-0.05, 0) is 13.8 Å². The quantitative estimate of drug-likeness (QED) is 0.800. The van der Waals surface area contributed by atoms with Crippen molar-refractivity contribution >= 4 is 11.6 Å². The van der Waals surface area contributed by atoms with Crippen LogP contribution in [0.2, 0.25) is 0 Å². The molecule has 90 valence electrons. The average molecular weight is 224 g/mol. The van der Waals surface area contributed by atoms with E-state index in [2.05, 4.69) is 28.7 Å². The Morgan fingerprint density at radius 3 is 2.44 bits per heavy atom. The lowest BCUT2D eigenvalue weighted by Gasteiger charge is -2.24. The van der Waals surface area contributed by atoms with E-state index in [0.29, 0.717) is 12.6 Å². The number of aliphatic hydroxyl groups excluding tert-OH is 1. The van der Waals surface area contributed by atoms with E-state index >= 15 is 0 Å². The molecular formula is C11H20N4O. The molecule has 0 aliphatic carbocycles. The molecule has 1 aromatic heterocycles. The molecular weight excluding hydrogens is 204 g/mol. The lowest BCUT2D eigenvalue weighted by atomic mass is 10.3. The minimum atomic E-state index is 0.121. The zero-order valence-corrected chi connectivity index (χ0v) is 10.4. The topological polar surface area (TPSA) is 52.5 Å². The lowest BCUT2D eigenvalue weighted by Crippen LogP contribution is -2.28. The first-order valence-corrected chi connectivity index (χ1v) is 5.43. The second-order valence-corrected chi connectivity index (χ2v) is 4.08. The number of nitrogens with zero attached hydrogens (tertiary/aromatic N) is 4. The van der Waals surface area contributed by atoms with Gasteiger partial charge in [-0.1, -0.05) is 0 Å². The van der Waals surface area contributed by atoms with Gasteiger partial charge in [-0.15, -0.1) is 0 Å². The summed E-state index contributed by atoms with van der Waals surface area (Å²) < 4.78 is 0. The fraction of sp³-hybridized carbons (Fsp3) is 0.636. The summed E-state index contributed by atoms with van der Waals surface area (Å²) in [5.74, 6) is 1.72. The molecule has 1 aromatic rings. The molecule has 1 heterocycles. The molecule has 16 heavy (non-hydrogen) atoms. The second kappa shape index (κ2) is 5.65. The van der Waals surface area contributed by atoms with Gasteiger partial charge in [0.05, 0.1) is 6.61 Å². The van der Waals surface area contributed by atoms with Crippen molar-refractivity contribution in [1.82, 2.24) is 9.97 Å². The SMILES string of the molecule is CC(C)N(C)c1cc(N(C)CCO)ncn1. The summed E-state index contributed by atoms with van der Waals surface area (Å²) >= 11 is 0. The monoisotopic (exact) mass is 224 g/mol. The van der Waals surface area contributed by atoms with Crippen LogP contribution in [0.25, 0.3) is 0 Å². The number of aliphatic hydroxyl groups is 1. The Kier molecular flexibility index (Phi) is 4.49. The Morgan fingerprint density at radius 1 is 1.25 bits per heavy atom. The minimum Gasteiger partial charge on any atom is -0.395 e. The second-order valence-electron chi connectivity index (χ2n) is 4.08. The smallest absolute Gasteiger partial charge is 0.134 e. The van der Waals surface area contributed by atoms with Crippen molar-refractivity contribution in [2.45, 2.75) is 19.9 Å². The molecule has 0 aliphatic rings. The highest BCUT2D eigenvalue weighted by molar-refractivity contribution is 5.49. The zero-order valence-electron chi connectivity index (χ0n) is 10.4. The van der Waals surface area contributed by atoms with Gasteiger partial charge in [0.2, 0.25) is 0 Å². The summed E-state index contributed by atoms with van der Waals surface area (Å²) in [6, 6.07) is 2.32. The summed E-state index contributed by atoms with van der Waals surface area (Å²) in [4.78, 5) is 12.4. The molecule has 0 atom stereocenters. The first-order chi connectivity index (χ1) is 7.56. The molecule has 5 heteroatoms. The van der Waals surface area contributed by atoms with Gasteiger partial charge in [0.1, 0.15) is 18.0 Å². The van der Waals surface area contributed by atoms with Gasteiger partial charge in [0, 0.05) is 32.7 Å². The number of rotatable bonds is 5. The number of hydrogen-bond donors (Lipinski definition) is 1. The summed E-state index contributed by atoms with van der Waals surface area (Å²) in [6.45, 7) is 4.91. The molecule has 0 bridgehead atoms. The van der Waals surface area contributed by atoms with Crippen molar-refractivity contribution in [3.05, 3.63) is 12.4 Å². The van der Waals surface area contributed by atoms with E-state index in [0.717, 1.165) is 11.6 Å². The molecule has 1 rings (SSSR count). The molecule has 5 nitrogen and oxygen atoms in total. The van der Waals surface area contributed by atoms with E-state index < -0.39 is 0 Å². The van der Waals surface area contributed by atoms with Crippen LogP contribution in [-0.4, -0.2) is 48.4 Å². The van der Waals surface area contributed by atoms with Crippen molar-refractivity contribution in [2.24, 2.45) is 0 Å². The third-order valence-electron chi connectivity index (χ3n) is 2.60. The Hall–Kier alpha value is -1.36. The van der Waals surface area contributed by atoms with Gasteiger partial charge in [0.15, 0.2) is 0 Å². The van der Waals surface area contributed by atoms with Gasteiger partial charge in [-0.25, -0.2) is 9.97 Å². The highest BCUT2D eigenvalue weighted by atomic mass is 16.3. The van der Waals surface area contributed by atoms with Crippen LogP contribution in [0, 0.1) is 0 Å². The fourth-order valence-corrected chi connectivity index (χ4v) is 1.27. The van der Waals surface area contributed by atoms with Crippen LogP contribution in [0.1, 0.15) is 13.8 Å². The van der Waals surface area contributed by atoms with Gasteiger partial charge >= 0.3 is 0 Å². The lowest BCUT2D eigenvalue weighted by molar-refractivity contribution is 0.304. The van der Waals surface area contributed by atoms with Crippen LogP contribution in [0.4, 0.5) is 11.6 Å². The molecule has 0 unspecified atom stereocenters. The molecule has 0 radical (unpaired) electrons. The zero-order chi connectivity index (χ0) is 12.1. The largest absolute Gasteiger partial charge is 0.395 e. The molecule has 0 amide bonds. The standard InChI is InChI=1S/C11H20N4O/c1-9(2)15(4)11-7-10(12-8-13-11)14(3)5-6-16/h7-9,16H,5-6H2,1-4H3. The maximum absolute atomic E-state index is 8.87. The summed E-state index contributed by atoms with van der Waals surface area (Å²) in [6.07, 6.45) is 1.55. The van der Waals surface area contributed by atoms with Crippen molar-refractivity contribution in [2.75, 3.05) is 37.0 Å². The maximum atomic E-state index is 8.87. The maximum Gasteiger partial charge on any atom is 0.134 e. The minimum absolute atomic E-state index is 0.121. The predicted molar refractivity (Wildman–Crippen MR) is 65.9 cm³/mol. The molecule has 0 saturated carbocycles. The predicted octanol–water partition coefficient (Wildman–Crippen LogP) is 0.750. The Balaban J connectivity index is 2.86. The van der Waals surface area contributed by atoms with Crippen molar-refractivity contribution < 1.29 is 5.11 Å². The van der Waals surface area contributed by atoms with E-state index in [9.17, 15) is 0 Å². The van der Waals surface area contributed by atoms with Crippen LogP contribution in [0.3, 0.4) is 0 Å². The van der Waals surface area contributed by atoms with Crippen LogP contribution in [0.15, 0.2) is 12.4 Å². The van der Waals surface area contributed by atoms with Gasteiger partial charge in [-0.3, -0.25) is 0 Å². The first-order valence-electron chi connectivity index (χ1n) is 5.43. The highest BCUT2D eigenvalue weighted by Crippen LogP contribution is 2.16. The van der Waals surface area contributed by atoms with E-state index in [1.165, 1.54) is 0 Å². The first kappa shape index (κ1) is 12.7. The van der Waals surface area contributed by atoms with Gasteiger partial charge < -0.3 is 14.9 Å². The van der Waals surface area contributed by atoms with E-state index in [1.54, 1.807) is 6.33 Å². The van der Waals surface area contributed by atoms with E-state index in [1.807, 2.05) is 25.1 Å². The fourth-order valence-electron chi connectivity index (χ4n) is 1.27. The number of hydrogen-bond acceptors (Lipinski definition) is 5. The third kappa shape index (κ3) is 3.06. The number of likely N-dealkylation sites (N-methyl/N-ethyl adjacent to an activating group) is 1. The van der Waals surface area contributed by atoms with Crippen molar-refractivity contribution in [1.29, 1.82) is 0 Å². The van der Waals surface area contributed by atoms with Crippen molar-refractivity contribution in [3.63, 3.8) is 0 Å². The molecule has 0 fully saturated rings. The van der Waals surface area contributed by atoms with E-state index in [4.69, 9.17) is 5.11 Å².